The van der Waals surface area contributed by atoms with Crippen LogP contribution in [0.25, 0.3) is 6.08 Å². The van der Waals surface area contributed by atoms with Crippen molar-refractivity contribution in [2.24, 2.45) is 0 Å². The third-order valence-electron chi connectivity index (χ3n) is 3.00. The van der Waals surface area contributed by atoms with Crippen molar-refractivity contribution < 1.29 is 23.0 Å². The van der Waals surface area contributed by atoms with Crippen LogP contribution in [0.2, 0.25) is 0 Å². The maximum absolute atomic E-state index is 12.6. The fraction of sp³-hybridized carbons (Fsp3) is 0.353. The third kappa shape index (κ3) is 5.73. The molecule has 0 heterocycles. The van der Waals surface area contributed by atoms with Crippen molar-refractivity contribution in [2.45, 2.75) is 20.5 Å². The second-order valence-electron chi connectivity index (χ2n) is 4.90. The lowest BCUT2D eigenvalue weighted by atomic mass is 10.1. The minimum atomic E-state index is -2.98. The van der Waals surface area contributed by atoms with E-state index in [1.807, 2.05) is 13.8 Å². The molecule has 1 rings (SSSR count). The molecule has 1 aromatic rings. The first-order valence-corrected chi connectivity index (χ1v) is 7.12. The molecule has 0 aromatic heterocycles. The predicted molar refractivity (Wildman–Crippen MR) is 85.7 cm³/mol. The van der Waals surface area contributed by atoms with E-state index in [9.17, 15) is 13.6 Å². The third-order valence-corrected chi connectivity index (χ3v) is 3.00. The monoisotopic (exact) mass is 325 g/mol. The number of likely N-dealkylation sites (N-methyl/N-ethyl adjacent to an activating group) is 1. The molecule has 0 spiro atoms. The molecule has 4 nitrogen and oxygen atoms in total. The summed E-state index contributed by atoms with van der Waals surface area (Å²) < 4.78 is 34.6. The average Bonchev–Trinajstić information content (AvgIpc) is 2.50. The highest BCUT2D eigenvalue weighted by Crippen LogP contribution is 2.33. The molecule has 1 aromatic carbocycles. The number of rotatable bonds is 8. The summed E-state index contributed by atoms with van der Waals surface area (Å²) in [6.07, 6.45) is 2.75. The molecular formula is C17H21F2NO3. The highest BCUT2D eigenvalue weighted by Gasteiger charge is 2.14. The Morgan fingerprint density at radius 2 is 2.13 bits per heavy atom. The van der Waals surface area contributed by atoms with E-state index < -0.39 is 6.61 Å². The Hall–Kier alpha value is -2.37. The fourth-order valence-corrected chi connectivity index (χ4v) is 1.98. The van der Waals surface area contributed by atoms with Gasteiger partial charge in [0.15, 0.2) is 11.5 Å². The normalized spacial score (nSPS) is 10.9. The summed E-state index contributed by atoms with van der Waals surface area (Å²) in [7, 11) is 1.36. The van der Waals surface area contributed by atoms with E-state index >= 15 is 0 Å². The topological polar surface area (TPSA) is 38.8 Å². The number of carbonyl (C=O) groups excluding carboxylic acids is 1. The van der Waals surface area contributed by atoms with Gasteiger partial charge in [-0.05, 0) is 26.0 Å². The van der Waals surface area contributed by atoms with E-state index in [2.05, 4.69) is 11.3 Å². The molecule has 0 aliphatic rings. The first-order chi connectivity index (χ1) is 10.9. The molecule has 0 saturated heterocycles. The number of methoxy groups -OCH3 is 1. The summed E-state index contributed by atoms with van der Waals surface area (Å²) in [5.41, 5.74) is 1.20. The number of hydrogen-bond donors (Lipinski definition) is 0. The van der Waals surface area contributed by atoms with Crippen LogP contribution in [0, 0.1) is 0 Å². The Morgan fingerprint density at radius 3 is 2.65 bits per heavy atom. The zero-order valence-corrected chi connectivity index (χ0v) is 13.5. The summed E-state index contributed by atoms with van der Waals surface area (Å²) >= 11 is 0. The van der Waals surface area contributed by atoms with Gasteiger partial charge in [0.05, 0.1) is 7.11 Å². The van der Waals surface area contributed by atoms with Crippen LogP contribution < -0.4 is 9.47 Å². The molecule has 0 aliphatic carbocycles. The number of alkyl halides is 2. The standard InChI is InChI=1S/C17H21F2NO3/c1-5-20(11-12(2)3)15(21)10-9-13-7-6-8-14(22-4)16(13)23-17(18)19/h6-10,17H,2,5,11H2,1,3-4H3/b10-9+. The number of nitrogens with zero attached hydrogens (tertiary/aromatic N) is 1. The van der Waals surface area contributed by atoms with Crippen LogP contribution in [0.15, 0.2) is 36.4 Å². The van der Waals surface area contributed by atoms with Crippen LogP contribution in [0.3, 0.4) is 0 Å². The summed E-state index contributed by atoms with van der Waals surface area (Å²) in [5, 5.41) is 0. The van der Waals surface area contributed by atoms with Gasteiger partial charge in [0.1, 0.15) is 0 Å². The summed E-state index contributed by atoms with van der Waals surface area (Å²) in [4.78, 5) is 13.7. The molecule has 0 atom stereocenters. The molecule has 126 valence electrons. The van der Waals surface area contributed by atoms with Gasteiger partial charge in [-0.25, -0.2) is 0 Å². The van der Waals surface area contributed by atoms with Crippen molar-refractivity contribution in [1.82, 2.24) is 4.90 Å². The molecule has 1 amide bonds. The Kier molecular flexibility index (Phi) is 7.25. The number of hydrogen-bond acceptors (Lipinski definition) is 3. The van der Waals surface area contributed by atoms with Crippen LogP contribution in [-0.2, 0) is 4.79 Å². The first kappa shape index (κ1) is 18.7. The quantitative estimate of drug-likeness (QED) is 0.540. The molecule has 6 heteroatoms. The van der Waals surface area contributed by atoms with Gasteiger partial charge >= 0.3 is 6.61 Å². The average molecular weight is 325 g/mol. The largest absolute Gasteiger partial charge is 0.493 e. The fourth-order valence-electron chi connectivity index (χ4n) is 1.98. The van der Waals surface area contributed by atoms with E-state index in [-0.39, 0.29) is 17.4 Å². The van der Waals surface area contributed by atoms with Gasteiger partial charge in [-0.1, -0.05) is 24.3 Å². The Morgan fingerprint density at radius 1 is 1.43 bits per heavy atom. The second kappa shape index (κ2) is 8.92. The highest BCUT2D eigenvalue weighted by molar-refractivity contribution is 5.92. The zero-order valence-electron chi connectivity index (χ0n) is 13.5. The smallest absolute Gasteiger partial charge is 0.387 e. The number of para-hydroxylation sites is 1. The molecule has 0 radical (unpaired) electrons. The number of benzene rings is 1. The molecule has 23 heavy (non-hydrogen) atoms. The minimum absolute atomic E-state index is 0.100. The van der Waals surface area contributed by atoms with Crippen molar-refractivity contribution >= 4 is 12.0 Å². The van der Waals surface area contributed by atoms with Crippen LogP contribution in [-0.4, -0.2) is 37.6 Å². The van der Waals surface area contributed by atoms with Gasteiger partial charge in [0.2, 0.25) is 5.91 Å². The maximum Gasteiger partial charge on any atom is 0.387 e. The van der Waals surface area contributed by atoms with E-state index in [1.54, 1.807) is 17.0 Å². The van der Waals surface area contributed by atoms with Gasteiger partial charge < -0.3 is 14.4 Å². The van der Waals surface area contributed by atoms with E-state index in [4.69, 9.17) is 4.74 Å². The van der Waals surface area contributed by atoms with Crippen molar-refractivity contribution in [1.29, 1.82) is 0 Å². The molecule has 0 unspecified atom stereocenters. The summed E-state index contributed by atoms with van der Waals surface area (Å²) in [5.74, 6) is -0.160. The van der Waals surface area contributed by atoms with E-state index in [0.717, 1.165) is 5.57 Å². The van der Waals surface area contributed by atoms with Gasteiger partial charge in [-0.3, -0.25) is 4.79 Å². The number of ether oxygens (including phenoxy) is 2. The second-order valence-corrected chi connectivity index (χ2v) is 4.90. The van der Waals surface area contributed by atoms with Gasteiger partial charge in [0.25, 0.3) is 0 Å². The lowest BCUT2D eigenvalue weighted by molar-refractivity contribution is -0.125. The van der Waals surface area contributed by atoms with E-state index in [0.29, 0.717) is 18.7 Å². The van der Waals surface area contributed by atoms with E-state index in [1.165, 1.54) is 25.3 Å². The van der Waals surface area contributed by atoms with Gasteiger partial charge in [-0.15, -0.1) is 0 Å². The molecule has 0 bridgehead atoms. The molecule has 0 N–H and O–H groups in total. The number of carbonyl (C=O) groups is 1. The first-order valence-electron chi connectivity index (χ1n) is 7.12. The van der Waals surface area contributed by atoms with Crippen molar-refractivity contribution in [3.63, 3.8) is 0 Å². The van der Waals surface area contributed by atoms with Crippen molar-refractivity contribution in [2.75, 3.05) is 20.2 Å². The highest BCUT2D eigenvalue weighted by atomic mass is 19.3. The predicted octanol–water partition coefficient (Wildman–Crippen LogP) is 3.73. The molecule has 0 fully saturated rings. The molecular weight excluding hydrogens is 304 g/mol. The summed E-state index contributed by atoms with van der Waals surface area (Å²) in [6.45, 7) is 5.44. The van der Waals surface area contributed by atoms with Crippen LogP contribution in [0.1, 0.15) is 19.4 Å². The Bertz CT molecular complexity index is 585. The number of halogens is 2. The zero-order chi connectivity index (χ0) is 17.4. The van der Waals surface area contributed by atoms with Crippen molar-refractivity contribution in [3.05, 3.63) is 42.0 Å². The van der Waals surface area contributed by atoms with Crippen LogP contribution in [0.4, 0.5) is 8.78 Å². The van der Waals surface area contributed by atoms with Crippen molar-refractivity contribution in [3.8, 4) is 11.5 Å². The van der Waals surface area contributed by atoms with Gasteiger partial charge in [0, 0.05) is 24.7 Å². The summed E-state index contributed by atoms with van der Waals surface area (Å²) in [6, 6.07) is 4.71. The Labute approximate surface area is 135 Å². The minimum Gasteiger partial charge on any atom is -0.493 e. The lowest BCUT2D eigenvalue weighted by Crippen LogP contribution is -2.30. The van der Waals surface area contributed by atoms with Crippen LogP contribution in [0.5, 0.6) is 11.5 Å². The Balaban J connectivity index is 3.02. The SMILES string of the molecule is C=C(C)CN(CC)C(=O)/C=C/c1cccc(OC)c1OC(F)F. The maximum atomic E-state index is 12.6. The number of amides is 1. The molecule has 0 saturated carbocycles. The molecule has 0 aliphatic heterocycles. The lowest BCUT2D eigenvalue weighted by Gasteiger charge is -2.19. The van der Waals surface area contributed by atoms with Gasteiger partial charge in [-0.2, -0.15) is 8.78 Å². The van der Waals surface area contributed by atoms with Crippen LogP contribution >= 0.6 is 0 Å².